The summed E-state index contributed by atoms with van der Waals surface area (Å²) < 4.78 is 12.1. The van der Waals surface area contributed by atoms with Crippen LogP contribution in [0, 0.1) is 5.92 Å². The fourth-order valence-corrected chi connectivity index (χ4v) is 5.95. The first-order valence-corrected chi connectivity index (χ1v) is 11.4. The van der Waals surface area contributed by atoms with Crippen LogP contribution in [0.25, 0.3) is 0 Å². The number of ether oxygens (including phenoxy) is 2. The van der Waals surface area contributed by atoms with Crippen LogP contribution < -0.4 is 5.73 Å². The summed E-state index contributed by atoms with van der Waals surface area (Å²) in [6.45, 7) is 5.25. The van der Waals surface area contributed by atoms with Crippen molar-refractivity contribution < 1.29 is 14.3 Å². The first-order valence-electron chi connectivity index (χ1n) is 10.5. The van der Waals surface area contributed by atoms with E-state index in [1.54, 1.807) is 0 Å². The lowest BCUT2D eigenvalue weighted by Gasteiger charge is -2.45. The number of hydrogen-bond donors (Lipinski definition) is 1. The highest BCUT2D eigenvalue weighted by Gasteiger charge is 2.43. The van der Waals surface area contributed by atoms with Crippen molar-refractivity contribution in [1.82, 2.24) is 4.90 Å². The van der Waals surface area contributed by atoms with Crippen molar-refractivity contribution in [3.8, 4) is 0 Å². The summed E-state index contributed by atoms with van der Waals surface area (Å²) in [5.74, 6) is 0.343. The zero-order valence-electron chi connectivity index (χ0n) is 16.3. The Balaban J connectivity index is 1.34. The molecule has 150 valence electrons. The minimum atomic E-state index is -0.160. The van der Waals surface area contributed by atoms with E-state index in [0.717, 1.165) is 71.2 Å². The van der Waals surface area contributed by atoms with Crippen LogP contribution in [0.15, 0.2) is 11.4 Å². The van der Waals surface area contributed by atoms with Crippen LogP contribution in [0.1, 0.15) is 55.9 Å². The van der Waals surface area contributed by atoms with Crippen molar-refractivity contribution in [3.63, 3.8) is 0 Å². The number of likely N-dealkylation sites (tertiary alicyclic amines) is 1. The minimum absolute atomic E-state index is 0.0228. The SMILES string of the molecule is CCCO[C@@H]1CC[C@H](C(=O)N2CCC3(CC2)OCCc2sccc23)C[C@H]1N. The van der Waals surface area contributed by atoms with Crippen molar-refractivity contribution in [2.75, 3.05) is 26.3 Å². The van der Waals surface area contributed by atoms with Crippen LogP contribution in [0.5, 0.6) is 0 Å². The van der Waals surface area contributed by atoms with Gasteiger partial charge in [0, 0.05) is 43.0 Å². The predicted molar refractivity (Wildman–Crippen MR) is 107 cm³/mol. The molecule has 1 amide bonds. The fraction of sp³-hybridized carbons (Fsp3) is 0.762. The van der Waals surface area contributed by atoms with Crippen molar-refractivity contribution >= 4 is 17.2 Å². The van der Waals surface area contributed by atoms with Gasteiger partial charge in [-0.15, -0.1) is 11.3 Å². The van der Waals surface area contributed by atoms with Gasteiger partial charge in [-0.3, -0.25) is 4.79 Å². The molecule has 0 aromatic carbocycles. The number of piperidine rings is 1. The third kappa shape index (κ3) is 3.82. The van der Waals surface area contributed by atoms with Gasteiger partial charge >= 0.3 is 0 Å². The van der Waals surface area contributed by atoms with E-state index in [1.807, 2.05) is 11.3 Å². The molecule has 1 aromatic heterocycles. The monoisotopic (exact) mass is 392 g/mol. The van der Waals surface area contributed by atoms with Crippen LogP contribution in [0.2, 0.25) is 0 Å². The Morgan fingerprint density at radius 1 is 1.41 bits per heavy atom. The maximum Gasteiger partial charge on any atom is 0.225 e. The molecule has 3 heterocycles. The Labute approximate surface area is 166 Å². The molecule has 2 N–H and O–H groups in total. The van der Waals surface area contributed by atoms with Crippen molar-refractivity contribution in [3.05, 3.63) is 21.9 Å². The van der Waals surface area contributed by atoms with Gasteiger partial charge in [0.2, 0.25) is 5.91 Å². The predicted octanol–water partition coefficient (Wildman–Crippen LogP) is 3.06. The van der Waals surface area contributed by atoms with Gasteiger partial charge in [-0.1, -0.05) is 6.92 Å². The summed E-state index contributed by atoms with van der Waals surface area (Å²) in [6, 6.07) is 2.21. The smallest absolute Gasteiger partial charge is 0.225 e. The second-order valence-corrected chi connectivity index (χ2v) is 9.26. The first kappa shape index (κ1) is 19.4. The second-order valence-electron chi connectivity index (χ2n) is 8.26. The van der Waals surface area contributed by atoms with E-state index in [0.29, 0.717) is 0 Å². The molecule has 5 nitrogen and oxygen atoms in total. The largest absolute Gasteiger partial charge is 0.377 e. The molecule has 6 heteroatoms. The molecule has 2 aliphatic heterocycles. The molecule has 3 aliphatic rings. The van der Waals surface area contributed by atoms with Gasteiger partial charge in [-0.2, -0.15) is 0 Å². The molecule has 1 aromatic rings. The Hall–Kier alpha value is -0.950. The number of nitrogens with two attached hydrogens (primary N) is 1. The number of hydrogen-bond acceptors (Lipinski definition) is 5. The molecule has 1 spiro atoms. The van der Waals surface area contributed by atoms with E-state index in [4.69, 9.17) is 15.2 Å². The lowest BCUT2D eigenvalue weighted by Crippen LogP contribution is -2.51. The number of rotatable bonds is 4. The maximum absolute atomic E-state index is 13.1. The van der Waals surface area contributed by atoms with E-state index < -0.39 is 0 Å². The van der Waals surface area contributed by atoms with Crippen LogP contribution in [0.3, 0.4) is 0 Å². The average molecular weight is 393 g/mol. The molecule has 1 saturated heterocycles. The van der Waals surface area contributed by atoms with Gasteiger partial charge in [-0.05, 0) is 55.5 Å². The zero-order valence-corrected chi connectivity index (χ0v) is 17.1. The Morgan fingerprint density at radius 2 is 2.22 bits per heavy atom. The molecular formula is C21H32N2O3S. The summed E-state index contributed by atoms with van der Waals surface area (Å²) in [5.41, 5.74) is 7.53. The quantitative estimate of drug-likeness (QED) is 0.855. The lowest BCUT2D eigenvalue weighted by atomic mass is 9.80. The molecular weight excluding hydrogens is 360 g/mol. The highest BCUT2D eigenvalue weighted by molar-refractivity contribution is 7.10. The van der Waals surface area contributed by atoms with Crippen molar-refractivity contribution in [2.24, 2.45) is 11.7 Å². The van der Waals surface area contributed by atoms with Gasteiger partial charge in [0.1, 0.15) is 0 Å². The number of carbonyl (C=O) groups excluding carboxylic acids is 1. The van der Waals surface area contributed by atoms with E-state index in [1.165, 1.54) is 10.4 Å². The normalized spacial score (nSPS) is 30.3. The zero-order chi connectivity index (χ0) is 18.9. The summed E-state index contributed by atoms with van der Waals surface area (Å²) in [6.07, 6.45) is 6.51. The highest BCUT2D eigenvalue weighted by atomic mass is 32.1. The topological polar surface area (TPSA) is 64.8 Å². The third-order valence-corrected chi connectivity index (χ3v) is 7.53. The van der Waals surface area contributed by atoms with E-state index in [-0.39, 0.29) is 29.6 Å². The molecule has 0 unspecified atom stereocenters. The second kappa shape index (κ2) is 8.19. The van der Waals surface area contributed by atoms with Gasteiger partial charge in [0.25, 0.3) is 0 Å². The number of carbonyl (C=O) groups is 1. The summed E-state index contributed by atoms with van der Waals surface area (Å²) in [5, 5.41) is 2.18. The molecule has 0 bridgehead atoms. The highest BCUT2D eigenvalue weighted by Crippen LogP contribution is 2.43. The molecule has 0 radical (unpaired) electrons. The molecule has 2 fully saturated rings. The summed E-state index contributed by atoms with van der Waals surface area (Å²) in [7, 11) is 0. The summed E-state index contributed by atoms with van der Waals surface area (Å²) in [4.78, 5) is 16.6. The Morgan fingerprint density at radius 3 is 2.96 bits per heavy atom. The number of amides is 1. The first-order chi connectivity index (χ1) is 13.1. The van der Waals surface area contributed by atoms with Crippen molar-refractivity contribution in [1.29, 1.82) is 0 Å². The van der Waals surface area contributed by atoms with Gasteiger partial charge < -0.3 is 20.1 Å². The molecule has 3 atom stereocenters. The number of nitrogens with zero attached hydrogens (tertiary/aromatic N) is 1. The molecule has 4 rings (SSSR count). The van der Waals surface area contributed by atoms with Crippen molar-refractivity contribution in [2.45, 2.75) is 69.6 Å². The maximum atomic E-state index is 13.1. The standard InChI is InChI=1S/C21H32N2O3S/c1-2-11-25-18-4-3-15(14-17(18)22)20(24)23-9-7-21(8-10-23)16-6-13-27-19(16)5-12-26-21/h6,13,15,17-18H,2-5,7-12,14,22H2,1H3/t15-,17+,18+/m0/s1. The Bertz CT molecular complexity index is 654. The van der Waals surface area contributed by atoms with Crippen LogP contribution in [-0.4, -0.2) is 49.3 Å². The Kier molecular flexibility index (Phi) is 5.88. The van der Waals surface area contributed by atoms with Gasteiger partial charge in [0.15, 0.2) is 0 Å². The molecule has 1 aliphatic carbocycles. The van der Waals surface area contributed by atoms with Gasteiger partial charge in [-0.25, -0.2) is 0 Å². The third-order valence-electron chi connectivity index (χ3n) is 6.55. The molecule has 1 saturated carbocycles. The molecule has 27 heavy (non-hydrogen) atoms. The van der Waals surface area contributed by atoms with E-state index in [9.17, 15) is 4.79 Å². The van der Waals surface area contributed by atoms with E-state index in [2.05, 4.69) is 23.3 Å². The summed E-state index contributed by atoms with van der Waals surface area (Å²) >= 11 is 1.84. The van der Waals surface area contributed by atoms with Crippen LogP contribution in [0.4, 0.5) is 0 Å². The van der Waals surface area contributed by atoms with Crippen LogP contribution >= 0.6 is 11.3 Å². The fourth-order valence-electron chi connectivity index (χ4n) is 5.00. The minimum Gasteiger partial charge on any atom is -0.377 e. The van der Waals surface area contributed by atoms with Gasteiger partial charge in [0.05, 0.1) is 18.3 Å². The van der Waals surface area contributed by atoms with Crippen LogP contribution in [-0.2, 0) is 26.3 Å². The van der Waals surface area contributed by atoms with E-state index >= 15 is 0 Å². The number of thiophene rings is 1. The number of fused-ring (bicyclic) bond motifs is 2. The lowest BCUT2D eigenvalue weighted by molar-refractivity contribution is -0.146. The average Bonchev–Trinajstić information content (AvgIpc) is 3.18.